The van der Waals surface area contributed by atoms with Gasteiger partial charge in [-0.2, -0.15) is 0 Å². The lowest BCUT2D eigenvalue weighted by Crippen LogP contribution is -2.86. The van der Waals surface area contributed by atoms with Gasteiger partial charge in [-0.1, -0.05) is 29.8 Å². The summed E-state index contributed by atoms with van der Waals surface area (Å²) in [6, 6.07) is 9.73. The van der Waals surface area contributed by atoms with Crippen molar-refractivity contribution < 1.29 is 5.32 Å². The van der Waals surface area contributed by atoms with Crippen LogP contribution in [-0.2, 0) is 0 Å². The first-order chi connectivity index (χ1) is 6.36. The van der Waals surface area contributed by atoms with Crippen LogP contribution in [0.25, 0.3) is 0 Å². The quantitative estimate of drug-likeness (QED) is 0.672. The van der Waals surface area contributed by atoms with Gasteiger partial charge in [0.05, 0.1) is 6.54 Å². The van der Waals surface area contributed by atoms with Gasteiger partial charge in [0, 0.05) is 12.0 Å². The van der Waals surface area contributed by atoms with Crippen molar-refractivity contribution >= 4 is 0 Å². The second-order valence-corrected chi connectivity index (χ2v) is 4.04. The zero-order valence-corrected chi connectivity index (χ0v) is 8.29. The Bertz CT molecular complexity index is 257. The topological polar surface area (TPSA) is 16.6 Å². The van der Waals surface area contributed by atoms with Crippen LogP contribution >= 0.6 is 0 Å². The van der Waals surface area contributed by atoms with E-state index < -0.39 is 0 Å². The van der Waals surface area contributed by atoms with E-state index in [9.17, 15) is 0 Å². The minimum atomic E-state index is 0.731. The molecule has 1 aromatic carbocycles. The second-order valence-electron chi connectivity index (χ2n) is 4.04. The fraction of sp³-hybridized carbons (Fsp3) is 0.500. The van der Waals surface area contributed by atoms with Crippen LogP contribution in [0.1, 0.15) is 36.4 Å². The van der Waals surface area contributed by atoms with Crippen LogP contribution < -0.4 is 5.32 Å². The van der Waals surface area contributed by atoms with Crippen molar-refractivity contribution in [1.82, 2.24) is 0 Å². The van der Waals surface area contributed by atoms with Crippen molar-refractivity contribution in [2.45, 2.75) is 32.2 Å². The molecular weight excluding hydrogens is 158 g/mol. The molecule has 1 nitrogen and oxygen atoms in total. The lowest BCUT2D eigenvalue weighted by Gasteiger charge is -2.20. The van der Waals surface area contributed by atoms with E-state index in [-0.39, 0.29) is 0 Å². The summed E-state index contributed by atoms with van der Waals surface area (Å²) in [7, 11) is 0. The molecule has 1 heteroatoms. The number of piperidine rings is 1. The van der Waals surface area contributed by atoms with Gasteiger partial charge >= 0.3 is 0 Å². The molecule has 0 saturated carbocycles. The molecule has 0 aliphatic carbocycles. The minimum Gasteiger partial charge on any atom is -0.340 e. The molecule has 1 heterocycles. The van der Waals surface area contributed by atoms with E-state index in [1.54, 1.807) is 0 Å². The molecule has 0 radical (unpaired) electrons. The molecule has 1 aliphatic rings. The average Bonchev–Trinajstić information content (AvgIpc) is 2.20. The number of aryl methyl sites for hydroxylation is 1. The fourth-order valence-electron chi connectivity index (χ4n) is 2.06. The molecule has 0 unspecified atom stereocenters. The maximum absolute atomic E-state index is 2.48. The predicted octanol–water partition coefficient (Wildman–Crippen LogP) is 1.78. The highest BCUT2D eigenvalue weighted by Gasteiger charge is 2.17. The monoisotopic (exact) mass is 176 g/mol. The van der Waals surface area contributed by atoms with Crippen LogP contribution in [0.4, 0.5) is 0 Å². The first-order valence-electron chi connectivity index (χ1n) is 5.26. The highest BCUT2D eigenvalue weighted by Crippen LogP contribution is 2.17. The van der Waals surface area contributed by atoms with Gasteiger partial charge in [0.25, 0.3) is 0 Å². The van der Waals surface area contributed by atoms with E-state index >= 15 is 0 Å². The van der Waals surface area contributed by atoms with E-state index in [1.165, 1.54) is 36.9 Å². The number of hydrogen-bond donors (Lipinski definition) is 1. The summed E-state index contributed by atoms with van der Waals surface area (Å²) < 4.78 is 0. The Kier molecular flexibility index (Phi) is 2.65. The third-order valence-electron chi connectivity index (χ3n) is 2.93. The van der Waals surface area contributed by atoms with Crippen LogP contribution in [-0.4, -0.2) is 6.54 Å². The second kappa shape index (κ2) is 3.93. The van der Waals surface area contributed by atoms with E-state index in [4.69, 9.17) is 0 Å². The number of quaternary nitrogens is 1. The Morgan fingerprint density at radius 1 is 1.15 bits per heavy atom. The predicted molar refractivity (Wildman–Crippen MR) is 54.6 cm³/mol. The van der Waals surface area contributed by atoms with Gasteiger partial charge in [-0.15, -0.1) is 0 Å². The Morgan fingerprint density at radius 2 is 1.92 bits per heavy atom. The highest BCUT2D eigenvalue weighted by molar-refractivity contribution is 5.22. The molecule has 0 amide bonds. The third-order valence-corrected chi connectivity index (χ3v) is 2.93. The van der Waals surface area contributed by atoms with Gasteiger partial charge in [-0.3, -0.25) is 0 Å². The van der Waals surface area contributed by atoms with Gasteiger partial charge < -0.3 is 5.32 Å². The summed E-state index contributed by atoms with van der Waals surface area (Å²) in [5.41, 5.74) is 2.87. The summed E-state index contributed by atoms with van der Waals surface area (Å²) >= 11 is 0. The Balaban J connectivity index is 2.10. The van der Waals surface area contributed by atoms with Crippen LogP contribution in [0.2, 0.25) is 0 Å². The molecule has 2 rings (SSSR count). The SMILES string of the molecule is Cc1ccc([C@H]2CCCC[NH2+]2)cc1. The van der Waals surface area contributed by atoms with Gasteiger partial charge in [-0.25, -0.2) is 0 Å². The van der Waals surface area contributed by atoms with Crippen molar-refractivity contribution in [3.8, 4) is 0 Å². The van der Waals surface area contributed by atoms with Crippen molar-refractivity contribution in [1.29, 1.82) is 0 Å². The van der Waals surface area contributed by atoms with Crippen LogP contribution in [0.5, 0.6) is 0 Å². The zero-order chi connectivity index (χ0) is 9.10. The molecule has 0 bridgehead atoms. The Labute approximate surface area is 80.2 Å². The van der Waals surface area contributed by atoms with E-state index in [0.29, 0.717) is 0 Å². The maximum Gasteiger partial charge on any atom is 0.112 e. The molecule has 0 spiro atoms. The third kappa shape index (κ3) is 2.10. The molecule has 70 valence electrons. The smallest absolute Gasteiger partial charge is 0.112 e. The average molecular weight is 176 g/mol. The number of benzene rings is 1. The zero-order valence-electron chi connectivity index (χ0n) is 8.29. The molecule has 13 heavy (non-hydrogen) atoms. The Hall–Kier alpha value is -0.820. The molecule has 1 fully saturated rings. The number of hydrogen-bond acceptors (Lipinski definition) is 0. The fourth-order valence-corrected chi connectivity index (χ4v) is 2.06. The van der Waals surface area contributed by atoms with Crippen LogP contribution in [0, 0.1) is 6.92 Å². The summed E-state index contributed by atoms with van der Waals surface area (Å²) in [6.07, 6.45) is 4.14. The standard InChI is InChI=1S/C12H17N/c1-10-5-7-11(8-6-10)12-4-2-3-9-13-12/h5-8,12-13H,2-4,9H2,1H3/p+1/t12-/m1/s1. The van der Waals surface area contributed by atoms with Gasteiger partial charge in [-0.05, 0) is 19.8 Å². The van der Waals surface area contributed by atoms with Gasteiger partial charge in [0.2, 0.25) is 0 Å². The normalized spacial score (nSPS) is 23.0. The first kappa shape index (κ1) is 8.76. The van der Waals surface area contributed by atoms with E-state index in [1.807, 2.05) is 0 Å². The minimum absolute atomic E-state index is 0.731. The van der Waals surface area contributed by atoms with Crippen molar-refractivity contribution in [2.75, 3.05) is 6.54 Å². The Morgan fingerprint density at radius 3 is 2.54 bits per heavy atom. The van der Waals surface area contributed by atoms with Crippen molar-refractivity contribution in [2.24, 2.45) is 0 Å². The lowest BCUT2D eigenvalue weighted by molar-refractivity contribution is -0.704. The molecule has 1 aromatic rings. The molecule has 1 atom stereocenters. The number of nitrogens with two attached hydrogens (primary N) is 1. The molecule has 0 aromatic heterocycles. The largest absolute Gasteiger partial charge is 0.340 e. The molecular formula is C12H18N+. The van der Waals surface area contributed by atoms with E-state index in [0.717, 1.165) is 6.04 Å². The molecule has 1 aliphatic heterocycles. The molecule has 2 N–H and O–H groups in total. The van der Waals surface area contributed by atoms with Crippen molar-refractivity contribution in [3.63, 3.8) is 0 Å². The molecule has 1 saturated heterocycles. The van der Waals surface area contributed by atoms with Crippen molar-refractivity contribution in [3.05, 3.63) is 35.4 Å². The van der Waals surface area contributed by atoms with Gasteiger partial charge in [0.1, 0.15) is 6.04 Å². The van der Waals surface area contributed by atoms with Gasteiger partial charge in [0.15, 0.2) is 0 Å². The summed E-state index contributed by atoms with van der Waals surface area (Å²) in [4.78, 5) is 0. The first-order valence-corrected chi connectivity index (χ1v) is 5.26. The summed E-state index contributed by atoms with van der Waals surface area (Å²) in [5, 5.41) is 2.48. The van der Waals surface area contributed by atoms with Crippen LogP contribution in [0.15, 0.2) is 24.3 Å². The maximum atomic E-state index is 2.48. The van der Waals surface area contributed by atoms with E-state index in [2.05, 4.69) is 36.5 Å². The summed E-state index contributed by atoms with van der Waals surface area (Å²) in [6.45, 7) is 3.45. The van der Waals surface area contributed by atoms with Crippen LogP contribution in [0.3, 0.4) is 0 Å². The highest BCUT2D eigenvalue weighted by atomic mass is 14.9. The number of rotatable bonds is 1. The summed E-state index contributed by atoms with van der Waals surface area (Å²) in [5.74, 6) is 0. The lowest BCUT2D eigenvalue weighted by atomic mass is 9.97.